The first kappa shape index (κ1) is 8.51. The van der Waals surface area contributed by atoms with Gasteiger partial charge in [-0.25, -0.2) is 8.78 Å². The molecule has 0 aliphatic heterocycles. The van der Waals surface area contributed by atoms with E-state index in [0.717, 1.165) is 12.1 Å². The molecule has 1 aromatic rings. The predicted octanol–water partition coefficient (Wildman–Crippen LogP) is 1.93. The van der Waals surface area contributed by atoms with Crippen LogP contribution in [0.15, 0.2) is 18.2 Å². The Kier molecular flexibility index (Phi) is 2.27. The van der Waals surface area contributed by atoms with E-state index in [1.807, 2.05) is 0 Å². The van der Waals surface area contributed by atoms with Gasteiger partial charge >= 0.3 is 12.2 Å². The zero-order valence-corrected chi connectivity index (χ0v) is 5.78. The van der Waals surface area contributed by atoms with Gasteiger partial charge in [0.1, 0.15) is 0 Å². The van der Waals surface area contributed by atoms with E-state index in [0.29, 0.717) is 0 Å². The topological polar surface area (TPSA) is 56.0 Å². The second-order valence-electron chi connectivity index (χ2n) is 1.98. The van der Waals surface area contributed by atoms with Crippen LogP contribution >= 0.6 is 0 Å². The number of aromatic nitrogens is 1. The summed E-state index contributed by atoms with van der Waals surface area (Å²) in [5.41, 5.74) is -0.579. The molecule has 0 radical (unpaired) electrons. The number of hydrogen-bond acceptors (Lipinski definition) is 3. The summed E-state index contributed by atoms with van der Waals surface area (Å²) in [6.07, 6.45) is -2.77. The average molecular weight is 174 g/mol. The second kappa shape index (κ2) is 3.21. The summed E-state index contributed by atoms with van der Waals surface area (Å²) in [5, 5.41) is 10.1. The highest BCUT2D eigenvalue weighted by Gasteiger charge is 2.16. The fraction of sp³-hybridized carbons (Fsp3) is 0.167. The maximum Gasteiger partial charge on any atom is 0.363 e. The molecule has 12 heavy (non-hydrogen) atoms. The van der Waals surface area contributed by atoms with Gasteiger partial charge in [0.15, 0.2) is 0 Å². The van der Waals surface area contributed by atoms with E-state index in [1.165, 1.54) is 6.07 Å². The molecular weight excluding hydrogens is 170 g/mol. The van der Waals surface area contributed by atoms with Gasteiger partial charge in [-0.1, -0.05) is 0 Å². The molecule has 4 nitrogen and oxygen atoms in total. The van der Waals surface area contributed by atoms with E-state index >= 15 is 0 Å². The third kappa shape index (κ3) is 1.71. The Morgan fingerprint density at radius 1 is 1.50 bits per heavy atom. The van der Waals surface area contributed by atoms with Crippen molar-refractivity contribution in [3.05, 3.63) is 34.0 Å². The van der Waals surface area contributed by atoms with Gasteiger partial charge in [0, 0.05) is 6.07 Å². The van der Waals surface area contributed by atoms with Gasteiger partial charge in [0.05, 0.1) is 0 Å². The summed E-state index contributed by atoms with van der Waals surface area (Å²) < 4.78 is 23.9. The molecule has 0 aromatic carbocycles. The van der Waals surface area contributed by atoms with Gasteiger partial charge in [-0.3, -0.25) is 0 Å². The molecular formula is C6H4F2N2O2. The third-order valence-electron chi connectivity index (χ3n) is 1.17. The zero-order chi connectivity index (χ0) is 9.14. The molecule has 1 heterocycles. The minimum absolute atomic E-state index is 0.562. The lowest BCUT2D eigenvalue weighted by atomic mass is 10.3. The lowest BCUT2D eigenvalue weighted by Gasteiger charge is -1.93. The van der Waals surface area contributed by atoms with Crippen molar-refractivity contribution >= 4 is 5.82 Å². The number of pyridine rings is 1. The maximum atomic E-state index is 11.9. The molecule has 0 unspecified atom stereocenters. The van der Waals surface area contributed by atoms with E-state index in [2.05, 4.69) is 4.98 Å². The number of halogens is 2. The summed E-state index contributed by atoms with van der Waals surface area (Å²) in [6.45, 7) is 0. The molecule has 0 fully saturated rings. The first-order chi connectivity index (χ1) is 5.61. The van der Waals surface area contributed by atoms with Crippen LogP contribution in [0.4, 0.5) is 14.6 Å². The molecule has 0 atom stereocenters. The van der Waals surface area contributed by atoms with Crippen molar-refractivity contribution in [2.24, 2.45) is 0 Å². The Morgan fingerprint density at radius 2 is 2.17 bits per heavy atom. The summed E-state index contributed by atoms with van der Waals surface area (Å²) >= 11 is 0. The molecule has 64 valence electrons. The van der Waals surface area contributed by atoms with Crippen molar-refractivity contribution in [3.8, 4) is 0 Å². The van der Waals surface area contributed by atoms with Crippen molar-refractivity contribution in [3.63, 3.8) is 0 Å². The van der Waals surface area contributed by atoms with Gasteiger partial charge in [0.2, 0.25) is 5.69 Å². The number of rotatable bonds is 2. The number of alkyl halides is 2. The monoisotopic (exact) mass is 174 g/mol. The summed E-state index contributed by atoms with van der Waals surface area (Å²) in [6, 6.07) is 3.27. The van der Waals surface area contributed by atoms with E-state index in [4.69, 9.17) is 0 Å². The minimum Gasteiger partial charge on any atom is -0.358 e. The highest BCUT2D eigenvalue weighted by Crippen LogP contribution is 2.18. The van der Waals surface area contributed by atoms with Gasteiger partial charge in [0.25, 0.3) is 0 Å². The van der Waals surface area contributed by atoms with Crippen molar-refractivity contribution in [1.82, 2.24) is 4.98 Å². The molecule has 0 N–H and O–H groups in total. The van der Waals surface area contributed by atoms with Gasteiger partial charge in [-0.05, 0) is 22.0 Å². The largest absolute Gasteiger partial charge is 0.363 e. The first-order valence-corrected chi connectivity index (χ1v) is 3.01. The minimum atomic E-state index is -2.77. The van der Waals surface area contributed by atoms with E-state index < -0.39 is 22.9 Å². The standard InChI is InChI=1S/C6H4F2N2O2/c7-6(8)4-2-1-3-5(9-4)10(11)12/h1-3,6H. The molecule has 0 amide bonds. The fourth-order valence-electron chi connectivity index (χ4n) is 0.663. The average Bonchev–Trinajstić information content (AvgIpc) is 2.04. The van der Waals surface area contributed by atoms with E-state index in [-0.39, 0.29) is 0 Å². The fourth-order valence-corrected chi connectivity index (χ4v) is 0.663. The van der Waals surface area contributed by atoms with Crippen LogP contribution in [0.1, 0.15) is 12.1 Å². The van der Waals surface area contributed by atoms with Crippen molar-refractivity contribution < 1.29 is 13.7 Å². The molecule has 0 aliphatic carbocycles. The summed E-state index contributed by atoms with van der Waals surface area (Å²) in [4.78, 5) is 12.4. The van der Waals surface area contributed by atoms with Crippen LogP contribution in [0.5, 0.6) is 0 Å². The Morgan fingerprint density at radius 3 is 2.67 bits per heavy atom. The highest BCUT2D eigenvalue weighted by atomic mass is 19.3. The number of nitro groups is 1. The molecule has 0 saturated carbocycles. The molecule has 0 saturated heterocycles. The van der Waals surface area contributed by atoms with Crippen molar-refractivity contribution in [1.29, 1.82) is 0 Å². The van der Waals surface area contributed by atoms with Crippen LogP contribution in [0.2, 0.25) is 0 Å². The van der Waals surface area contributed by atoms with Gasteiger partial charge in [-0.2, -0.15) is 0 Å². The molecule has 0 spiro atoms. The summed E-state index contributed by atoms with van der Waals surface area (Å²) in [7, 11) is 0. The van der Waals surface area contributed by atoms with Crippen LogP contribution in [0, 0.1) is 10.1 Å². The zero-order valence-electron chi connectivity index (χ0n) is 5.78. The van der Waals surface area contributed by atoms with E-state index in [9.17, 15) is 18.9 Å². The first-order valence-electron chi connectivity index (χ1n) is 3.01. The Hall–Kier alpha value is -1.59. The quantitative estimate of drug-likeness (QED) is 0.508. The second-order valence-corrected chi connectivity index (χ2v) is 1.98. The normalized spacial score (nSPS) is 10.2. The van der Waals surface area contributed by atoms with Crippen LogP contribution in [-0.2, 0) is 0 Å². The lowest BCUT2D eigenvalue weighted by Crippen LogP contribution is -1.95. The molecule has 0 bridgehead atoms. The molecule has 6 heteroatoms. The third-order valence-corrected chi connectivity index (χ3v) is 1.17. The Balaban J connectivity index is 3.04. The maximum absolute atomic E-state index is 11.9. The smallest absolute Gasteiger partial charge is 0.358 e. The van der Waals surface area contributed by atoms with Crippen LogP contribution in [0.3, 0.4) is 0 Å². The van der Waals surface area contributed by atoms with Crippen LogP contribution in [-0.4, -0.2) is 9.91 Å². The predicted molar refractivity (Wildman–Crippen MR) is 35.8 cm³/mol. The van der Waals surface area contributed by atoms with Crippen molar-refractivity contribution in [2.75, 3.05) is 0 Å². The Bertz CT molecular complexity index is 303. The number of nitrogens with zero attached hydrogens (tertiary/aromatic N) is 2. The van der Waals surface area contributed by atoms with Crippen molar-refractivity contribution in [2.45, 2.75) is 6.43 Å². The highest BCUT2D eigenvalue weighted by molar-refractivity contribution is 5.21. The SMILES string of the molecule is O=[N+]([O-])c1cccc(C(F)F)n1. The lowest BCUT2D eigenvalue weighted by molar-refractivity contribution is -0.389. The molecule has 0 aliphatic rings. The van der Waals surface area contributed by atoms with Crippen LogP contribution in [0.25, 0.3) is 0 Å². The van der Waals surface area contributed by atoms with Gasteiger partial charge < -0.3 is 10.1 Å². The Labute approximate surface area is 66.0 Å². The molecule has 1 aromatic heterocycles. The number of hydrogen-bond donors (Lipinski definition) is 0. The summed E-state index contributed by atoms with van der Waals surface area (Å²) in [5.74, 6) is -0.562. The van der Waals surface area contributed by atoms with Gasteiger partial charge in [-0.15, -0.1) is 0 Å². The van der Waals surface area contributed by atoms with E-state index in [1.54, 1.807) is 0 Å². The van der Waals surface area contributed by atoms with Crippen LogP contribution < -0.4 is 0 Å². The molecule has 1 rings (SSSR count).